The van der Waals surface area contributed by atoms with Gasteiger partial charge in [-0.3, -0.25) is 38.1 Å². The molecule has 62 heteroatoms. The van der Waals surface area contributed by atoms with Gasteiger partial charge in [0.1, 0.15) is 244 Å². The Morgan fingerprint density at radius 3 is 0.765 bits per heavy atom. The summed E-state index contributed by atoms with van der Waals surface area (Å²) in [6.07, 6.45) is -96.2. The number of rotatable bonds is 37. The van der Waals surface area contributed by atoms with Gasteiger partial charge in [0, 0.05) is 48.5 Å². The molecule has 0 spiro atoms. The smallest absolute Gasteiger partial charge is 0.394 e. The molecule has 10 aliphatic heterocycles. The first-order chi connectivity index (χ1) is 64.1. The summed E-state index contributed by atoms with van der Waals surface area (Å²) in [5.41, 5.74) is 0. The first-order valence-corrected chi connectivity index (χ1v) is 44.1. The molecule has 10 aliphatic rings. The van der Waals surface area contributed by atoms with Gasteiger partial charge in [-0.15, -0.1) is 0 Å². The number of hydrogen-bond acceptors (Lipinski definition) is 53. The summed E-state index contributed by atoms with van der Waals surface area (Å²) in [4.78, 5) is 90.6. The van der Waals surface area contributed by atoms with Crippen molar-refractivity contribution < 1.29 is 263 Å². The van der Waals surface area contributed by atoms with E-state index in [1.807, 2.05) is 0 Å². The molecule has 0 aliphatic carbocycles. The topological polar surface area (TPSA) is 928 Å². The molecule has 136 heavy (non-hydrogen) atoms. The second-order valence-electron chi connectivity index (χ2n) is 33.7. The Hall–Kier alpha value is -5.56. The molecule has 0 aromatic carbocycles. The zero-order valence-corrected chi connectivity index (χ0v) is 74.2. The number of aliphatic hydroxyl groups is 24. The summed E-state index contributed by atoms with van der Waals surface area (Å²) < 4.78 is 155. The Labute approximate surface area is 770 Å². The van der Waals surface area contributed by atoms with Crippen LogP contribution in [0.1, 0.15) is 48.5 Å². The minimum Gasteiger partial charge on any atom is -0.394 e. The molecule has 10 fully saturated rings. The predicted octanol–water partition coefficient (Wildman–Crippen LogP) is -22.0. The van der Waals surface area contributed by atoms with Gasteiger partial charge in [0.25, 0.3) is 0 Å². The van der Waals surface area contributed by atoms with Gasteiger partial charge in [-0.2, -0.15) is 8.42 Å². The minimum atomic E-state index is -5.49. The summed E-state index contributed by atoms with van der Waals surface area (Å²) in [5.74, 6) is -6.83. The third-order valence-electron chi connectivity index (χ3n) is 23.9. The van der Waals surface area contributed by atoms with Gasteiger partial charge in [-0.25, -0.2) is 4.18 Å². The third kappa shape index (κ3) is 26.1. The summed E-state index contributed by atoms with van der Waals surface area (Å²) in [6, 6.07) is -13.8. The summed E-state index contributed by atoms with van der Waals surface area (Å²) in [5, 5.41) is 291. The van der Waals surface area contributed by atoms with Gasteiger partial charge in [0.05, 0.1) is 66.1 Å². The Kier molecular flexibility index (Phi) is 40.6. The van der Waals surface area contributed by atoms with Crippen LogP contribution >= 0.6 is 0 Å². The van der Waals surface area contributed by atoms with Gasteiger partial charge in [0.2, 0.25) is 41.4 Å². The number of amides is 7. The second kappa shape index (κ2) is 49.1. The molecule has 784 valence electrons. The van der Waals surface area contributed by atoms with E-state index in [1.165, 1.54) is 0 Å². The van der Waals surface area contributed by atoms with Crippen LogP contribution in [-0.2, 0) is 138 Å². The maximum atomic E-state index is 13.5. The van der Waals surface area contributed by atoms with Crippen molar-refractivity contribution in [3.05, 3.63) is 0 Å². The highest BCUT2D eigenvalue weighted by Crippen LogP contribution is 2.42. The predicted molar refractivity (Wildman–Crippen MR) is 421 cm³/mol. The Morgan fingerprint density at radius 1 is 0.228 bits per heavy atom. The highest BCUT2D eigenvalue weighted by molar-refractivity contribution is 7.80. The molecule has 10 rings (SSSR count). The maximum absolute atomic E-state index is 13.5. The summed E-state index contributed by atoms with van der Waals surface area (Å²) in [7, 11) is -5.49. The van der Waals surface area contributed by atoms with Gasteiger partial charge in [-0.05, 0) is 0 Å². The van der Waals surface area contributed by atoms with Crippen molar-refractivity contribution in [1.82, 2.24) is 37.2 Å². The molecular formula is C74H123N7O54S. The Bertz CT molecular complexity index is 3990. The van der Waals surface area contributed by atoms with E-state index in [2.05, 4.69) is 41.4 Å². The number of ether oxygens (including phenoxy) is 19. The fourth-order valence-electron chi connectivity index (χ4n) is 17.4. The molecular weight excluding hydrogens is 1880 g/mol. The Morgan fingerprint density at radius 2 is 0.449 bits per heavy atom. The standard InChI is InChI=1S/C74H123N7O54S/c1-18(91)75-35-48(104)56(29(12-86)117-65(35)112)127-68-38(78-21(4)94)51(107)59(32(15-89)122-68)130-72-55(111)62(132-74-64(54(110)45(101)28(11-85)121-74)134-71-40(80-23(6)96)50(106)58(31(14-88)124-71)129-69-41(81-24(7)97)52(108)60(33(16-90)125-69)135-136(113,114)115)61(131-67-37(77-20(3)93)47(103)43(99)26(9-83)119-67)34(126-72)17-116-73-63(53(109)44(100)27(10-84)120-73)133-70-39(79-22(5)95)49(105)57(30(13-87)123-70)128-66-36(76-19(2)92)46(102)42(98)25(8-82)118-66/h25-74,82-90,98-112H,8-17H2,1-7H3,(H,75,91)(H,76,92)(H,77,93)(H,78,94)(H,79,95)(H,80,96)(H,81,97)(H,113,114,115)/t25-,26-,27-,28-,29-,30-,31-,32-,33-,34-,35-,36-,37-,38-,39-,40-,41-,42+,43-,44-,45-,46-,47-,48-,49-,50-,51-,52-,53+,54+,55+,56-,57-,58-,59-,60+,61-,62-,63+,64+,65-,66+,67+,68+,69+,70+,71+,72+,73+,74-/m1/s1. The number of carbonyl (C=O) groups excluding carboxylic acids is 7. The fraction of sp³-hybridized carbons (Fsp3) is 0.905. The molecule has 61 nitrogen and oxygen atoms in total. The van der Waals surface area contributed by atoms with Gasteiger partial charge >= 0.3 is 10.4 Å². The summed E-state index contributed by atoms with van der Waals surface area (Å²) in [6.45, 7) is -5.93. The van der Waals surface area contributed by atoms with E-state index in [-0.39, 0.29) is 0 Å². The van der Waals surface area contributed by atoms with Crippen LogP contribution in [0.5, 0.6) is 0 Å². The lowest BCUT2D eigenvalue weighted by Crippen LogP contribution is -2.72. The second-order valence-corrected chi connectivity index (χ2v) is 34.7. The van der Waals surface area contributed by atoms with Crippen LogP contribution < -0.4 is 37.2 Å². The van der Waals surface area contributed by atoms with E-state index in [0.29, 0.717) is 0 Å². The van der Waals surface area contributed by atoms with Crippen molar-refractivity contribution in [2.24, 2.45) is 0 Å². The van der Waals surface area contributed by atoms with E-state index in [9.17, 15) is 169 Å². The van der Waals surface area contributed by atoms with E-state index in [1.54, 1.807) is 0 Å². The average molecular weight is 2010 g/mol. The van der Waals surface area contributed by atoms with Crippen LogP contribution in [0.4, 0.5) is 0 Å². The largest absolute Gasteiger partial charge is 0.397 e. The molecule has 10 heterocycles. The first-order valence-electron chi connectivity index (χ1n) is 42.8. The lowest BCUT2D eigenvalue weighted by Gasteiger charge is -2.52. The van der Waals surface area contributed by atoms with Crippen molar-refractivity contribution in [2.45, 2.75) is 355 Å². The van der Waals surface area contributed by atoms with Crippen LogP contribution in [0.2, 0.25) is 0 Å². The van der Waals surface area contributed by atoms with E-state index >= 15 is 0 Å². The van der Waals surface area contributed by atoms with E-state index in [4.69, 9.17) is 90.0 Å². The normalized spacial score (nSPS) is 45.8. The van der Waals surface area contributed by atoms with Crippen molar-refractivity contribution in [3.63, 3.8) is 0 Å². The molecule has 0 aromatic heterocycles. The van der Waals surface area contributed by atoms with E-state index < -0.39 is 424 Å². The average Bonchev–Trinajstić information content (AvgIpc) is 0.761. The van der Waals surface area contributed by atoms with Gasteiger partial charge in [0.15, 0.2) is 62.9 Å². The molecule has 0 saturated carbocycles. The quantitative estimate of drug-likeness (QED) is 0.0257. The highest BCUT2D eigenvalue weighted by atomic mass is 32.3. The minimum absolute atomic E-state index is 0.841. The van der Waals surface area contributed by atoms with Gasteiger partial charge in [-0.1, -0.05) is 0 Å². The molecule has 7 amide bonds. The molecule has 0 unspecified atom stereocenters. The zero-order valence-electron chi connectivity index (χ0n) is 73.4. The first kappa shape index (κ1) is 112. The number of hydrogen-bond donors (Lipinski definition) is 32. The van der Waals surface area contributed by atoms with Crippen molar-refractivity contribution in [3.8, 4) is 0 Å². The van der Waals surface area contributed by atoms with Crippen molar-refractivity contribution in [2.75, 3.05) is 66.1 Å². The number of aliphatic hydroxyl groups excluding tert-OH is 24. The van der Waals surface area contributed by atoms with Crippen LogP contribution in [0.15, 0.2) is 0 Å². The van der Waals surface area contributed by atoms with Crippen LogP contribution in [0.3, 0.4) is 0 Å². The lowest BCUT2D eigenvalue weighted by atomic mass is 9.93. The molecule has 50 atom stereocenters. The monoisotopic (exact) mass is 2010 g/mol. The molecule has 32 N–H and O–H groups in total. The highest BCUT2D eigenvalue weighted by Gasteiger charge is 2.63. The van der Waals surface area contributed by atoms with Crippen LogP contribution in [0.25, 0.3) is 0 Å². The van der Waals surface area contributed by atoms with Crippen LogP contribution in [-0.4, -0.2) is 550 Å². The molecule has 0 bridgehead atoms. The SMILES string of the molecule is CC(=O)N[C@@H]1[C@@H](O)[C@H](O[C@@H]2O[C@H](CO)[C@@H](O[C@@H]3O[C@H](CO[C@H]4O[C@H](CO)[C@@H](O)[C@H](O)[C@@H]4O[C@@H]4O[C@H](CO)[C@@H](O[C@@H]5O[C@H](CO)[C@H](O)[C@H](O)[C@H]5NC(C)=O)[C@H](O)[C@H]4NC(C)=O)[C@@H](O[C@@H]4O[C@H](CO)[C@@H](O)[C@H](O)[C@H]4NC(C)=O)[C@H](O[C@H]4O[C@H](CO)[C@@H](O)[C@H](O)[C@@H]4O[C@@H]4O[C@H](CO)[C@@H](O[C@@H]5O[C@H](CO)[C@H](OS(=O)(=O)O)[C@H](O)[C@H]5NC(C)=O)[C@H](O)[C@H]4NC(C)=O)[C@@H]3O)[C@H](O)[C@H]2NC(C)=O)[C@@H](CO)O[C@H]1O. The maximum Gasteiger partial charge on any atom is 0.397 e. The molecule has 10 saturated heterocycles. The fourth-order valence-corrected chi connectivity index (χ4v) is 17.9. The number of carbonyl (C=O) groups is 7. The number of nitrogens with one attached hydrogen (secondary N) is 7. The Balaban J connectivity index is 1.09. The van der Waals surface area contributed by atoms with Crippen LogP contribution in [0, 0.1) is 0 Å². The van der Waals surface area contributed by atoms with Gasteiger partial charge < -0.3 is 250 Å². The third-order valence-corrected chi connectivity index (χ3v) is 24.4. The van der Waals surface area contributed by atoms with Crippen molar-refractivity contribution in [1.29, 1.82) is 0 Å². The van der Waals surface area contributed by atoms with Crippen molar-refractivity contribution >= 4 is 51.7 Å². The lowest BCUT2D eigenvalue weighted by molar-refractivity contribution is -0.408. The summed E-state index contributed by atoms with van der Waals surface area (Å²) >= 11 is 0. The molecule has 0 aromatic rings. The molecule has 0 radical (unpaired) electrons. The zero-order chi connectivity index (χ0) is 101. The van der Waals surface area contributed by atoms with E-state index in [0.717, 1.165) is 48.5 Å².